The van der Waals surface area contributed by atoms with Crippen LogP contribution >= 0.6 is 11.8 Å². The number of hydrogen-bond donors (Lipinski definition) is 0. The molecule has 1 atom stereocenters. The van der Waals surface area contributed by atoms with E-state index in [1.54, 1.807) is 0 Å². The molecule has 1 aliphatic rings. The highest BCUT2D eigenvalue weighted by molar-refractivity contribution is 7.98. The Hall–Kier alpha value is -0.540. The van der Waals surface area contributed by atoms with Gasteiger partial charge in [-0.05, 0) is 56.5 Å². The van der Waals surface area contributed by atoms with Crippen molar-refractivity contribution < 1.29 is 0 Å². The van der Waals surface area contributed by atoms with Crippen molar-refractivity contribution in [1.82, 2.24) is 9.88 Å². The van der Waals surface area contributed by atoms with Crippen LogP contribution in [0.5, 0.6) is 0 Å². The van der Waals surface area contributed by atoms with Crippen molar-refractivity contribution in [1.29, 1.82) is 0 Å². The lowest BCUT2D eigenvalue weighted by Crippen LogP contribution is -2.34. The molecule has 0 aliphatic carbocycles. The highest BCUT2D eigenvalue weighted by Gasteiger charge is 2.23. The van der Waals surface area contributed by atoms with Crippen LogP contribution in [0.15, 0.2) is 24.4 Å². The second-order valence-electron chi connectivity index (χ2n) is 4.65. The fraction of sp³-hybridized carbons (Fsp3) is 0.643. The van der Waals surface area contributed by atoms with Gasteiger partial charge in [-0.3, -0.25) is 9.88 Å². The van der Waals surface area contributed by atoms with Crippen LogP contribution in [0.4, 0.5) is 0 Å². The largest absolute Gasteiger partial charge is 0.295 e. The van der Waals surface area contributed by atoms with E-state index in [0.717, 1.165) is 0 Å². The number of piperidine rings is 1. The van der Waals surface area contributed by atoms with Crippen LogP contribution in [0.25, 0.3) is 0 Å². The zero-order valence-electron chi connectivity index (χ0n) is 10.6. The molecule has 1 saturated heterocycles. The van der Waals surface area contributed by atoms with Gasteiger partial charge in [0.1, 0.15) is 0 Å². The van der Waals surface area contributed by atoms with Gasteiger partial charge in [0.15, 0.2) is 0 Å². The molecule has 17 heavy (non-hydrogen) atoms. The SMILES string of the molecule is CSCCCN1CCCC[C@@H]1c1ccccn1. The van der Waals surface area contributed by atoms with E-state index in [-0.39, 0.29) is 0 Å². The van der Waals surface area contributed by atoms with Crippen LogP contribution in [-0.2, 0) is 0 Å². The molecule has 2 nitrogen and oxygen atoms in total. The number of rotatable bonds is 5. The first-order chi connectivity index (χ1) is 8.42. The molecule has 0 spiro atoms. The summed E-state index contributed by atoms with van der Waals surface area (Å²) in [7, 11) is 0. The van der Waals surface area contributed by atoms with E-state index in [9.17, 15) is 0 Å². The molecule has 94 valence electrons. The van der Waals surface area contributed by atoms with Gasteiger partial charge >= 0.3 is 0 Å². The molecule has 1 aromatic heterocycles. The Bertz CT molecular complexity index is 315. The van der Waals surface area contributed by atoms with Gasteiger partial charge in [0.05, 0.1) is 11.7 Å². The summed E-state index contributed by atoms with van der Waals surface area (Å²) < 4.78 is 0. The Kier molecular flexibility index (Phi) is 5.33. The minimum absolute atomic E-state index is 0.562. The summed E-state index contributed by atoms with van der Waals surface area (Å²) in [5.74, 6) is 1.27. The second-order valence-corrected chi connectivity index (χ2v) is 5.63. The number of nitrogens with zero attached hydrogens (tertiary/aromatic N) is 2. The van der Waals surface area contributed by atoms with Crippen molar-refractivity contribution >= 4 is 11.8 Å². The number of aromatic nitrogens is 1. The Labute approximate surface area is 109 Å². The number of pyridine rings is 1. The smallest absolute Gasteiger partial charge is 0.0575 e. The van der Waals surface area contributed by atoms with Crippen LogP contribution in [0.1, 0.15) is 37.4 Å². The number of thioether (sulfide) groups is 1. The maximum atomic E-state index is 4.53. The summed E-state index contributed by atoms with van der Waals surface area (Å²) in [6.45, 7) is 2.47. The molecule has 2 rings (SSSR count). The van der Waals surface area contributed by atoms with Crippen LogP contribution in [0.3, 0.4) is 0 Å². The molecule has 0 radical (unpaired) electrons. The Morgan fingerprint density at radius 1 is 1.41 bits per heavy atom. The topological polar surface area (TPSA) is 16.1 Å². The molecular weight excluding hydrogens is 228 g/mol. The van der Waals surface area contributed by atoms with E-state index < -0.39 is 0 Å². The summed E-state index contributed by atoms with van der Waals surface area (Å²) in [5.41, 5.74) is 1.26. The molecule has 3 heteroatoms. The number of hydrogen-bond acceptors (Lipinski definition) is 3. The van der Waals surface area contributed by atoms with Crippen molar-refractivity contribution in [3.63, 3.8) is 0 Å². The maximum Gasteiger partial charge on any atom is 0.0575 e. The van der Waals surface area contributed by atoms with Gasteiger partial charge in [0.25, 0.3) is 0 Å². The van der Waals surface area contributed by atoms with E-state index in [0.29, 0.717) is 6.04 Å². The van der Waals surface area contributed by atoms with E-state index in [1.165, 1.54) is 50.2 Å². The van der Waals surface area contributed by atoms with Crippen molar-refractivity contribution in [2.45, 2.75) is 31.7 Å². The highest BCUT2D eigenvalue weighted by atomic mass is 32.2. The van der Waals surface area contributed by atoms with E-state index in [2.05, 4.69) is 28.3 Å². The maximum absolute atomic E-state index is 4.53. The van der Waals surface area contributed by atoms with Gasteiger partial charge in [-0.2, -0.15) is 11.8 Å². The van der Waals surface area contributed by atoms with Gasteiger partial charge in [-0.25, -0.2) is 0 Å². The predicted molar refractivity (Wildman–Crippen MR) is 75.4 cm³/mol. The van der Waals surface area contributed by atoms with Crippen molar-refractivity contribution in [3.05, 3.63) is 30.1 Å². The van der Waals surface area contributed by atoms with Crippen LogP contribution in [-0.4, -0.2) is 35.0 Å². The fourth-order valence-corrected chi connectivity index (χ4v) is 3.00. The molecule has 0 unspecified atom stereocenters. The molecule has 0 aromatic carbocycles. The molecule has 1 fully saturated rings. The van der Waals surface area contributed by atoms with Gasteiger partial charge in [0, 0.05) is 6.20 Å². The second kappa shape index (κ2) is 7.02. The minimum Gasteiger partial charge on any atom is -0.295 e. The third kappa shape index (κ3) is 3.71. The Morgan fingerprint density at radius 3 is 3.12 bits per heavy atom. The van der Waals surface area contributed by atoms with Gasteiger partial charge in [-0.15, -0.1) is 0 Å². The van der Waals surface area contributed by atoms with E-state index >= 15 is 0 Å². The molecular formula is C14H22N2S. The first-order valence-electron chi connectivity index (χ1n) is 6.55. The third-order valence-electron chi connectivity index (χ3n) is 3.44. The summed E-state index contributed by atoms with van der Waals surface area (Å²) in [6.07, 6.45) is 9.38. The van der Waals surface area contributed by atoms with Gasteiger partial charge in [0.2, 0.25) is 0 Å². The normalized spacial score (nSPS) is 21.6. The first kappa shape index (κ1) is 12.9. The lowest BCUT2D eigenvalue weighted by Gasteiger charge is -2.35. The van der Waals surface area contributed by atoms with Crippen LogP contribution in [0.2, 0.25) is 0 Å². The van der Waals surface area contributed by atoms with E-state index in [1.807, 2.05) is 24.0 Å². The Morgan fingerprint density at radius 2 is 2.35 bits per heavy atom. The Balaban J connectivity index is 1.97. The molecule has 1 aliphatic heterocycles. The lowest BCUT2D eigenvalue weighted by molar-refractivity contribution is 0.146. The van der Waals surface area contributed by atoms with Gasteiger partial charge in [-0.1, -0.05) is 12.5 Å². The summed E-state index contributed by atoms with van der Waals surface area (Å²) in [4.78, 5) is 7.16. The zero-order valence-corrected chi connectivity index (χ0v) is 11.5. The zero-order chi connectivity index (χ0) is 11.9. The number of likely N-dealkylation sites (tertiary alicyclic amines) is 1. The minimum atomic E-state index is 0.562. The molecule has 0 bridgehead atoms. The van der Waals surface area contributed by atoms with Crippen LogP contribution in [0, 0.1) is 0 Å². The molecule has 0 saturated carbocycles. The van der Waals surface area contributed by atoms with Gasteiger partial charge < -0.3 is 0 Å². The van der Waals surface area contributed by atoms with Crippen molar-refractivity contribution in [2.24, 2.45) is 0 Å². The standard InChI is InChI=1S/C14H22N2S/c1-17-12-6-11-16-10-5-3-8-14(16)13-7-2-4-9-15-13/h2,4,7,9,14H,3,5-6,8,10-12H2,1H3/t14-/m1/s1. The van der Waals surface area contributed by atoms with Crippen molar-refractivity contribution in [2.75, 3.05) is 25.1 Å². The highest BCUT2D eigenvalue weighted by Crippen LogP contribution is 2.29. The summed E-state index contributed by atoms with van der Waals surface area (Å²) >= 11 is 1.94. The quantitative estimate of drug-likeness (QED) is 0.745. The predicted octanol–water partition coefficient (Wildman–Crippen LogP) is 3.36. The fourth-order valence-electron chi connectivity index (χ4n) is 2.58. The average molecular weight is 250 g/mol. The summed E-state index contributed by atoms with van der Waals surface area (Å²) in [5, 5.41) is 0. The van der Waals surface area contributed by atoms with Crippen LogP contribution < -0.4 is 0 Å². The first-order valence-corrected chi connectivity index (χ1v) is 7.95. The lowest BCUT2D eigenvalue weighted by atomic mass is 9.98. The third-order valence-corrected chi connectivity index (χ3v) is 4.13. The molecule has 0 N–H and O–H groups in total. The monoisotopic (exact) mass is 250 g/mol. The molecule has 2 heterocycles. The summed E-state index contributed by atoms with van der Waals surface area (Å²) in [6, 6.07) is 6.85. The van der Waals surface area contributed by atoms with E-state index in [4.69, 9.17) is 0 Å². The average Bonchev–Trinajstić information content (AvgIpc) is 2.41. The molecule has 1 aromatic rings. The van der Waals surface area contributed by atoms with Crippen molar-refractivity contribution in [3.8, 4) is 0 Å². The molecule has 0 amide bonds.